The maximum absolute atomic E-state index is 14.6. The lowest BCUT2D eigenvalue weighted by atomic mass is 9.74. The molecule has 3 rings (SSSR count). The van der Waals surface area contributed by atoms with E-state index in [2.05, 4.69) is 74.4 Å². The number of piperidine rings is 2. The van der Waals surface area contributed by atoms with Gasteiger partial charge in [0.05, 0.1) is 19.3 Å². The van der Waals surface area contributed by atoms with Crippen LogP contribution in [-0.4, -0.2) is 84.2 Å². The van der Waals surface area contributed by atoms with Gasteiger partial charge in [-0.2, -0.15) is 10.1 Å². The van der Waals surface area contributed by atoms with Crippen molar-refractivity contribution in [2.45, 2.75) is 220 Å². The summed E-state index contributed by atoms with van der Waals surface area (Å²) in [7, 11) is 0. The number of phenolic OH excluding ortho intramolecular Hbond substituents is 1. The first-order chi connectivity index (χ1) is 27.2. The number of benzene rings is 1. The van der Waals surface area contributed by atoms with Crippen molar-refractivity contribution in [2.24, 2.45) is 5.92 Å². The zero-order valence-electron chi connectivity index (χ0n) is 38.0. The molecule has 0 radical (unpaired) electrons. The molecule has 0 saturated carbocycles. The van der Waals surface area contributed by atoms with Crippen LogP contribution in [0.4, 0.5) is 0 Å². The van der Waals surface area contributed by atoms with Gasteiger partial charge in [0.25, 0.3) is 0 Å². The molecule has 0 spiro atoms. The van der Waals surface area contributed by atoms with E-state index in [4.69, 9.17) is 19.1 Å². The van der Waals surface area contributed by atoms with Crippen molar-refractivity contribution in [2.75, 3.05) is 39.4 Å². The Labute approximate surface area is 348 Å². The fourth-order valence-corrected chi connectivity index (χ4v) is 8.32. The van der Waals surface area contributed by atoms with Crippen LogP contribution in [0, 0.1) is 5.92 Å². The van der Waals surface area contributed by atoms with Crippen molar-refractivity contribution >= 4 is 5.97 Å². The second-order valence-corrected chi connectivity index (χ2v) is 19.2. The summed E-state index contributed by atoms with van der Waals surface area (Å²) in [6.07, 6.45) is 18.3. The highest BCUT2D eigenvalue weighted by atomic mass is 16.7. The first-order valence-electron chi connectivity index (χ1n) is 23.4. The highest BCUT2D eigenvalue weighted by Crippen LogP contribution is 2.44. The molecule has 1 aromatic carbocycles. The van der Waals surface area contributed by atoms with E-state index in [1.165, 1.54) is 64.2 Å². The molecule has 1 aromatic rings. The third-order valence-corrected chi connectivity index (χ3v) is 12.0. The maximum atomic E-state index is 14.6. The fourth-order valence-electron chi connectivity index (χ4n) is 8.32. The molecule has 0 aromatic heterocycles. The number of ether oxygens (including phenoxy) is 2. The average molecular weight is 803 g/mol. The molecule has 3 unspecified atom stereocenters. The minimum absolute atomic E-state index is 0.196. The number of phenols is 1. The predicted molar refractivity (Wildman–Crippen MR) is 232 cm³/mol. The third kappa shape index (κ3) is 17.4. The number of unbranched alkanes of at least 4 members (excludes halogenated alkanes) is 11. The molecular weight excluding hydrogens is 717 g/mol. The number of nitrogens with zero attached hydrogens (tertiary/aromatic N) is 2. The average Bonchev–Trinajstić information content (AvgIpc) is 3.16. The first kappa shape index (κ1) is 49.6. The number of hydrogen-bond donors (Lipinski definition) is 2. The van der Waals surface area contributed by atoms with E-state index >= 15 is 0 Å². The summed E-state index contributed by atoms with van der Waals surface area (Å²) < 4.78 is 12.8. The lowest BCUT2D eigenvalue weighted by Crippen LogP contribution is -2.44. The molecule has 9 nitrogen and oxygen atoms in total. The molecule has 2 aliphatic heterocycles. The Morgan fingerprint density at radius 3 is 1.53 bits per heavy atom. The molecule has 3 atom stereocenters. The van der Waals surface area contributed by atoms with E-state index < -0.39 is 18.2 Å². The van der Waals surface area contributed by atoms with Gasteiger partial charge in [0.15, 0.2) is 6.29 Å². The molecule has 0 aliphatic carbocycles. The van der Waals surface area contributed by atoms with Gasteiger partial charge in [0, 0.05) is 32.1 Å². The van der Waals surface area contributed by atoms with Gasteiger partial charge < -0.3 is 19.7 Å². The summed E-state index contributed by atoms with van der Waals surface area (Å²) in [4.78, 5) is 26.8. The molecule has 2 fully saturated rings. The van der Waals surface area contributed by atoms with Gasteiger partial charge in [-0.3, -0.25) is 14.5 Å². The molecule has 2 aliphatic rings. The summed E-state index contributed by atoms with van der Waals surface area (Å²) in [5.41, 5.74) is 1.95. The SMILES string of the molecule is CCCCCCCCON1CCC(OC(=O)C(C(O)OC2CCN(OCCCCCCCC)CC2)C(CCCC)c2cc(C(C)(C)C)c(O)c(C(C)(C)C)c2)CC1. The third-order valence-electron chi connectivity index (χ3n) is 12.0. The van der Waals surface area contributed by atoms with E-state index in [0.717, 1.165) is 68.7 Å². The van der Waals surface area contributed by atoms with Gasteiger partial charge in [-0.15, -0.1) is 0 Å². The standard InChI is InChI=1S/C48H86N2O7/c1-10-13-16-18-20-22-33-54-49-29-25-38(26-30-49)56-45(52)43(46(53)57-39-27-31-50(32-28-39)55-34-23-21-19-17-14-11-2)40(24-15-12-3)37-35-41(47(4,5)6)44(51)42(36-37)48(7,8)9/h35-36,38-40,43,45,51-52H,10-34H2,1-9H3. The van der Waals surface area contributed by atoms with Crippen molar-refractivity contribution in [1.82, 2.24) is 10.1 Å². The van der Waals surface area contributed by atoms with E-state index in [1.54, 1.807) is 0 Å². The van der Waals surface area contributed by atoms with Crippen LogP contribution in [0.5, 0.6) is 5.75 Å². The van der Waals surface area contributed by atoms with Crippen molar-refractivity contribution in [3.05, 3.63) is 28.8 Å². The van der Waals surface area contributed by atoms with Crippen molar-refractivity contribution in [1.29, 1.82) is 0 Å². The Bertz CT molecular complexity index is 1210. The predicted octanol–water partition coefficient (Wildman–Crippen LogP) is 11.3. The summed E-state index contributed by atoms with van der Waals surface area (Å²) >= 11 is 0. The van der Waals surface area contributed by atoms with E-state index in [1.807, 2.05) is 10.1 Å². The summed E-state index contributed by atoms with van der Waals surface area (Å²) in [5.74, 6) is -1.39. The van der Waals surface area contributed by atoms with E-state index in [0.29, 0.717) is 50.9 Å². The van der Waals surface area contributed by atoms with Crippen molar-refractivity contribution in [3.63, 3.8) is 0 Å². The number of aromatic hydroxyl groups is 1. The Balaban J connectivity index is 1.78. The second-order valence-electron chi connectivity index (χ2n) is 19.2. The highest BCUT2D eigenvalue weighted by molar-refractivity contribution is 5.74. The Kier molecular flexibility index (Phi) is 22.4. The molecule has 2 N–H and O–H groups in total. The second kappa shape index (κ2) is 25.8. The van der Waals surface area contributed by atoms with Gasteiger partial charge in [-0.25, -0.2) is 0 Å². The minimum atomic E-state index is -1.34. The Morgan fingerprint density at radius 1 is 0.667 bits per heavy atom. The van der Waals surface area contributed by atoms with Crippen LogP contribution >= 0.6 is 0 Å². The quantitative estimate of drug-likeness (QED) is 0.0538. The number of aliphatic hydroxyl groups excluding tert-OH is 1. The van der Waals surface area contributed by atoms with Crippen LogP contribution in [0.1, 0.15) is 207 Å². The zero-order chi connectivity index (χ0) is 41.8. The first-order valence-corrected chi connectivity index (χ1v) is 23.4. The van der Waals surface area contributed by atoms with Crippen LogP contribution in [-0.2, 0) is 34.8 Å². The van der Waals surface area contributed by atoms with Crippen molar-refractivity contribution in [3.8, 4) is 5.75 Å². The number of hydrogen-bond acceptors (Lipinski definition) is 9. The van der Waals surface area contributed by atoms with E-state index in [-0.39, 0.29) is 29.0 Å². The van der Waals surface area contributed by atoms with Crippen LogP contribution in [0.15, 0.2) is 12.1 Å². The number of rotatable bonds is 26. The van der Waals surface area contributed by atoms with Crippen molar-refractivity contribution < 1.29 is 34.2 Å². The minimum Gasteiger partial charge on any atom is -0.507 e. The summed E-state index contributed by atoms with van der Waals surface area (Å²) in [6, 6.07) is 4.13. The molecule has 57 heavy (non-hydrogen) atoms. The summed E-state index contributed by atoms with van der Waals surface area (Å²) in [5, 5.41) is 27.8. The van der Waals surface area contributed by atoms with Gasteiger partial charge >= 0.3 is 5.97 Å². The Hall–Kier alpha value is -1.75. The van der Waals surface area contributed by atoms with Gasteiger partial charge in [0.2, 0.25) is 0 Å². The van der Waals surface area contributed by atoms with Crippen LogP contribution in [0.25, 0.3) is 0 Å². The topological polar surface area (TPSA) is 101 Å². The molecular formula is C48H86N2O7. The van der Waals surface area contributed by atoms with Crippen LogP contribution in [0.3, 0.4) is 0 Å². The highest BCUT2D eigenvalue weighted by Gasteiger charge is 2.41. The lowest BCUT2D eigenvalue weighted by Gasteiger charge is -2.37. The van der Waals surface area contributed by atoms with Gasteiger partial charge in [0.1, 0.15) is 17.8 Å². The monoisotopic (exact) mass is 803 g/mol. The largest absolute Gasteiger partial charge is 0.507 e. The smallest absolute Gasteiger partial charge is 0.315 e. The van der Waals surface area contributed by atoms with E-state index in [9.17, 15) is 15.0 Å². The van der Waals surface area contributed by atoms with Crippen LogP contribution < -0.4 is 0 Å². The normalized spacial score (nSPS) is 18.5. The number of carbonyl (C=O) groups excluding carboxylic acids is 1. The molecule has 2 heterocycles. The molecule has 0 bridgehead atoms. The lowest BCUT2D eigenvalue weighted by molar-refractivity contribution is -0.223. The van der Waals surface area contributed by atoms with Crippen LogP contribution in [0.2, 0.25) is 0 Å². The van der Waals surface area contributed by atoms with Gasteiger partial charge in [-0.1, -0.05) is 151 Å². The maximum Gasteiger partial charge on any atom is 0.315 e. The molecule has 0 amide bonds. The summed E-state index contributed by atoms with van der Waals surface area (Å²) in [6.45, 7) is 23.6. The fraction of sp³-hybridized carbons (Fsp3) is 0.854. The Morgan fingerprint density at radius 2 is 1.09 bits per heavy atom. The molecule has 330 valence electrons. The van der Waals surface area contributed by atoms with Gasteiger partial charge in [-0.05, 0) is 72.5 Å². The molecule has 2 saturated heterocycles. The molecule has 9 heteroatoms. The number of esters is 1. The zero-order valence-corrected chi connectivity index (χ0v) is 38.0. The number of carbonyl (C=O) groups is 1. The number of aliphatic hydroxyl groups is 1. The number of hydroxylamine groups is 4.